The molecule has 2 heterocycles. The Labute approximate surface area is 72.8 Å². The Balaban J connectivity index is 2.65. The highest BCUT2D eigenvalue weighted by atomic mass is 32.1. The van der Waals surface area contributed by atoms with E-state index in [9.17, 15) is 9.59 Å². The zero-order valence-corrected chi connectivity index (χ0v) is 7.20. The number of Topliss-reactive ketones (excluding diaryl/α,β-unsaturated/α-hetero) is 1. The summed E-state index contributed by atoms with van der Waals surface area (Å²) >= 11 is 1.08. The number of carbonyl (C=O) groups is 2. The number of aryl methyl sites for hydroxylation is 1. The number of nitrogens with one attached hydrogen (secondary N) is 1. The van der Waals surface area contributed by atoms with E-state index in [0.717, 1.165) is 11.5 Å². The van der Waals surface area contributed by atoms with Gasteiger partial charge in [-0.2, -0.15) is 4.37 Å². The molecule has 0 aliphatic carbocycles. The van der Waals surface area contributed by atoms with E-state index in [4.69, 9.17) is 0 Å². The molecular weight excluding hydrogens is 176 g/mol. The lowest BCUT2D eigenvalue weighted by Gasteiger charge is -2.09. The molecule has 1 amide bonds. The van der Waals surface area contributed by atoms with Gasteiger partial charge in [0.05, 0.1) is 17.8 Å². The third-order valence-corrected chi connectivity index (χ3v) is 2.69. The summed E-state index contributed by atoms with van der Waals surface area (Å²) in [5, 5.41) is 2.48. The van der Waals surface area contributed by atoms with Crippen LogP contribution in [-0.2, 0) is 0 Å². The standard InChI is InChI=1S/C7H6N2O2S/c1-3-5-4(10)2-8-7(11)6(5)12-9-3/h2H2,1H3,(H,8,11). The van der Waals surface area contributed by atoms with Crippen LogP contribution in [0.5, 0.6) is 0 Å². The maximum absolute atomic E-state index is 11.3. The van der Waals surface area contributed by atoms with Crippen LogP contribution in [-0.4, -0.2) is 22.6 Å². The number of nitrogens with zero attached hydrogens (tertiary/aromatic N) is 1. The molecule has 0 bridgehead atoms. The second kappa shape index (κ2) is 2.38. The molecule has 0 radical (unpaired) electrons. The van der Waals surface area contributed by atoms with Crippen molar-refractivity contribution in [2.45, 2.75) is 6.92 Å². The normalized spacial score (nSPS) is 15.8. The lowest BCUT2D eigenvalue weighted by atomic mass is 10.1. The van der Waals surface area contributed by atoms with Crippen LogP contribution in [0.4, 0.5) is 0 Å². The molecule has 1 aromatic rings. The fourth-order valence-electron chi connectivity index (χ4n) is 1.18. The third kappa shape index (κ3) is 0.863. The predicted octanol–water partition coefficient (Wildman–Crippen LogP) is 0.378. The monoisotopic (exact) mass is 182 g/mol. The van der Waals surface area contributed by atoms with Gasteiger partial charge in [0.2, 0.25) is 0 Å². The van der Waals surface area contributed by atoms with Crippen molar-refractivity contribution in [1.29, 1.82) is 0 Å². The molecule has 1 aliphatic heterocycles. The third-order valence-electron chi connectivity index (χ3n) is 1.76. The van der Waals surface area contributed by atoms with Crippen LogP contribution in [0.3, 0.4) is 0 Å². The van der Waals surface area contributed by atoms with Gasteiger partial charge in [0.1, 0.15) is 4.88 Å². The molecule has 0 saturated heterocycles. The molecule has 62 valence electrons. The summed E-state index contributed by atoms with van der Waals surface area (Å²) in [4.78, 5) is 22.9. The molecule has 1 aliphatic rings. The van der Waals surface area contributed by atoms with Crippen LogP contribution in [0.2, 0.25) is 0 Å². The summed E-state index contributed by atoms with van der Waals surface area (Å²) in [6, 6.07) is 0. The lowest BCUT2D eigenvalue weighted by molar-refractivity contribution is 0.0881. The van der Waals surface area contributed by atoms with Crippen LogP contribution in [0.1, 0.15) is 25.7 Å². The Morgan fingerprint density at radius 3 is 2.92 bits per heavy atom. The van der Waals surface area contributed by atoms with E-state index in [0.29, 0.717) is 16.1 Å². The minimum atomic E-state index is -0.185. The summed E-state index contributed by atoms with van der Waals surface area (Å²) in [5.41, 5.74) is 1.17. The SMILES string of the molecule is Cc1nsc2c1C(=O)CNC2=O. The number of carbonyl (C=O) groups excluding carboxylic acids is 2. The zero-order valence-electron chi connectivity index (χ0n) is 6.38. The Morgan fingerprint density at radius 2 is 2.25 bits per heavy atom. The lowest BCUT2D eigenvalue weighted by Crippen LogP contribution is -2.35. The highest BCUT2D eigenvalue weighted by molar-refractivity contribution is 7.08. The van der Waals surface area contributed by atoms with Crippen LogP contribution >= 0.6 is 11.5 Å². The molecule has 0 aromatic carbocycles. The fourth-order valence-corrected chi connectivity index (χ4v) is 2.01. The van der Waals surface area contributed by atoms with Crippen LogP contribution < -0.4 is 5.32 Å². The Kier molecular flexibility index (Phi) is 1.47. The number of hydrogen-bond donors (Lipinski definition) is 1. The molecule has 0 spiro atoms. The smallest absolute Gasteiger partial charge is 0.264 e. The molecular formula is C7H6N2O2S. The largest absolute Gasteiger partial charge is 0.344 e. The molecule has 0 fully saturated rings. The second-order valence-electron chi connectivity index (χ2n) is 2.58. The van der Waals surface area contributed by atoms with Gasteiger partial charge in [0.25, 0.3) is 5.91 Å². The molecule has 1 N–H and O–H groups in total. The van der Waals surface area contributed by atoms with Crippen LogP contribution in [0.25, 0.3) is 0 Å². The first kappa shape index (κ1) is 7.42. The first-order valence-corrected chi connectivity index (χ1v) is 4.25. The second-order valence-corrected chi connectivity index (χ2v) is 3.35. The maximum Gasteiger partial charge on any atom is 0.264 e. The summed E-state index contributed by atoms with van der Waals surface area (Å²) in [7, 11) is 0. The van der Waals surface area contributed by atoms with Gasteiger partial charge < -0.3 is 5.32 Å². The Hall–Kier alpha value is -1.23. The highest BCUT2D eigenvalue weighted by Gasteiger charge is 2.27. The number of aromatic nitrogens is 1. The minimum absolute atomic E-state index is 0.0455. The molecule has 5 heteroatoms. The number of ketones is 1. The number of hydrogen-bond acceptors (Lipinski definition) is 4. The summed E-state index contributed by atoms with van der Waals surface area (Å²) in [6.45, 7) is 1.84. The van der Waals surface area contributed by atoms with E-state index >= 15 is 0 Å². The van der Waals surface area contributed by atoms with E-state index in [1.54, 1.807) is 6.92 Å². The minimum Gasteiger partial charge on any atom is -0.344 e. The molecule has 1 aromatic heterocycles. The molecule has 4 nitrogen and oxygen atoms in total. The van der Waals surface area contributed by atoms with Crippen molar-refractivity contribution in [3.05, 3.63) is 16.1 Å². The van der Waals surface area contributed by atoms with Crippen molar-refractivity contribution >= 4 is 23.2 Å². The number of fused-ring (bicyclic) bond motifs is 1. The van der Waals surface area contributed by atoms with Crippen molar-refractivity contribution in [2.75, 3.05) is 6.54 Å². The highest BCUT2D eigenvalue weighted by Crippen LogP contribution is 2.21. The van der Waals surface area contributed by atoms with Crippen molar-refractivity contribution in [1.82, 2.24) is 9.69 Å². The summed E-state index contributed by atoms with van der Waals surface area (Å²) in [6.07, 6.45) is 0. The molecule has 0 unspecified atom stereocenters. The van der Waals surface area contributed by atoms with E-state index in [2.05, 4.69) is 9.69 Å². The van der Waals surface area contributed by atoms with Gasteiger partial charge in [-0.05, 0) is 18.5 Å². The Morgan fingerprint density at radius 1 is 1.50 bits per heavy atom. The topological polar surface area (TPSA) is 59.1 Å². The van der Waals surface area contributed by atoms with Gasteiger partial charge in [-0.3, -0.25) is 9.59 Å². The van der Waals surface area contributed by atoms with Gasteiger partial charge in [-0.25, -0.2) is 0 Å². The fraction of sp³-hybridized carbons (Fsp3) is 0.286. The van der Waals surface area contributed by atoms with Crippen LogP contribution in [0.15, 0.2) is 0 Å². The Bertz CT molecular complexity index is 369. The van der Waals surface area contributed by atoms with Crippen molar-refractivity contribution in [3.8, 4) is 0 Å². The van der Waals surface area contributed by atoms with Crippen molar-refractivity contribution in [2.24, 2.45) is 0 Å². The van der Waals surface area contributed by atoms with Crippen molar-refractivity contribution in [3.63, 3.8) is 0 Å². The van der Waals surface area contributed by atoms with Gasteiger partial charge in [-0.15, -0.1) is 0 Å². The summed E-state index contributed by atoms with van der Waals surface area (Å²) in [5.74, 6) is -0.231. The van der Waals surface area contributed by atoms with Crippen LogP contribution in [0, 0.1) is 6.92 Å². The average Bonchev–Trinajstić information content (AvgIpc) is 2.42. The number of amides is 1. The van der Waals surface area contributed by atoms with Gasteiger partial charge in [0.15, 0.2) is 5.78 Å². The van der Waals surface area contributed by atoms with E-state index in [1.807, 2.05) is 0 Å². The van der Waals surface area contributed by atoms with Gasteiger partial charge >= 0.3 is 0 Å². The maximum atomic E-state index is 11.3. The molecule has 0 saturated carbocycles. The predicted molar refractivity (Wildman–Crippen MR) is 43.5 cm³/mol. The molecule has 12 heavy (non-hydrogen) atoms. The first-order valence-electron chi connectivity index (χ1n) is 3.48. The average molecular weight is 182 g/mol. The molecule has 2 rings (SSSR count). The van der Waals surface area contributed by atoms with Gasteiger partial charge in [0, 0.05) is 0 Å². The molecule has 0 atom stereocenters. The zero-order chi connectivity index (χ0) is 8.72. The van der Waals surface area contributed by atoms with E-state index < -0.39 is 0 Å². The quantitative estimate of drug-likeness (QED) is 0.631. The van der Waals surface area contributed by atoms with E-state index in [-0.39, 0.29) is 18.2 Å². The summed E-state index contributed by atoms with van der Waals surface area (Å²) < 4.78 is 3.96. The van der Waals surface area contributed by atoms with Gasteiger partial charge in [-0.1, -0.05) is 0 Å². The first-order chi connectivity index (χ1) is 5.70. The van der Waals surface area contributed by atoms with E-state index in [1.165, 1.54) is 0 Å². The van der Waals surface area contributed by atoms with Crippen molar-refractivity contribution < 1.29 is 9.59 Å². The number of rotatable bonds is 0.